The van der Waals surface area contributed by atoms with Crippen molar-refractivity contribution in [1.29, 1.82) is 0 Å². The Kier molecular flexibility index (Phi) is 5.52. The molecular weight excluding hydrogens is 312 g/mol. The predicted octanol–water partition coefficient (Wildman–Crippen LogP) is 1.93. The Morgan fingerprint density at radius 3 is 2.26 bits per heavy atom. The first kappa shape index (κ1) is 17.2. The van der Waals surface area contributed by atoms with Crippen molar-refractivity contribution >= 4 is 15.9 Å². The molecule has 122 valence electrons. The highest BCUT2D eigenvalue weighted by molar-refractivity contribution is 7.89. The highest BCUT2D eigenvalue weighted by atomic mass is 32.2. The molecular formula is C17H20N2O3S. The van der Waals surface area contributed by atoms with Crippen molar-refractivity contribution < 1.29 is 13.2 Å². The van der Waals surface area contributed by atoms with Gasteiger partial charge in [0.15, 0.2) is 0 Å². The number of rotatable bonds is 6. The highest BCUT2D eigenvalue weighted by Gasteiger charge is 2.22. The van der Waals surface area contributed by atoms with E-state index in [0.29, 0.717) is 6.54 Å². The van der Waals surface area contributed by atoms with Crippen LogP contribution in [-0.2, 0) is 21.4 Å². The van der Waals surface area contributed by atoms with Gasteiger partial charge in [-0.25, -0.2) is 8.42 Å². The molecule has 0 aliphatic carbocycles. The molecule has 0 heterocycles. The molecule has 0 unspecified atom stereocenters. The Morgan fingerprint density at radius 1 is 1.04 bits per heavy atom. The average Bonchev–Trinajstić information content (AvgIpc) is 2.55. The summed E-state index contributed by atoms with van der Waals surface area (Å²) in [6, 6.07) is 15.9. The maximum absolute atomic E-state index is 12.3. The molecule has 2 rings (SSSR count). The lowest BCUT2D eigenvalue weighted by Crippen LogP contribution is -2.38. The zero-order valence-electron chi connectivity index (χ0n) is 13.2. The molecule has 5 nitrogen and oxygen atoms in total. The molecule has 0 saturated heterocycles. The Morgan fingerprint density at radius 2 is 1.65 bits per heavy atom. The molecule has 2 aromatic rings. The second-order valence-corrected chi connectivity index (χ2v) is 7.38. The third-order valence-corrected chi connectivity index (χ3v) is 5.25. The predicted molar refractivity (Wildman–Crippen MR) is 89.3 cm³/mol. The summed E-state index contributed by atoms with van der Waals surface area (Å²) in [5.74, 6) is -0.340. The summed E-state index contributed by atoms with van der Waals surface area (Å²) in [5.41, 5.74) is 2.12. The molecule has 0 atom stereocenters. The summed E-state index contributed by atoms with van der Waals surface area (Å²) in [5, 5.41) is 2.73. The quantitative estimate of drug-likeness (QED) is 0.879. The monoisotopic (exact) mass is 332 g/mol. The van der Waals surface area contributed by atoms with Gasteiger partial charge in [-0.05, 0) is 24.6 Å². The van der Waals surface area contributed by atoms with Gasteiger partial charge in [0.1, 0.15) is 0 Å². The van der Waals surface area contributed by atoms with Crippen LogP contribution in [0.15, 0.2) is 59.5 Å². The summed E-state index contributed by atoms with van der Waals surface area (Å²) < 4.78 is 25.7. The van der Waals surface area contributed by atoms with Crippen LogP contribution in [0.5, 0.6) is 0 Å². The minimum absolute atomic E-state index is 0.175. The van der Waals surface area contributed by atoms with Crippen LogP contribution in [0.1, 0.15) is 11.1 Å². The average molecular weight is 332 g/mol. The molecule has 0 radical (unpaired) electrons. The lowest BCUT2D eigenvalue weighted by atomic mass is 10.1. The van der Waals surface area contributed by atoms with E-state index in [-0.39, 0.29) is 17.3 Å². The van der Waals surface area contributed by atoms with E-state index in [1.165, 1.54) is 19.2 Å². The van der Waals surface area contributed by atoms with Crippen molar-refractivity contribution in [3.63, 3.8) is 0 Å². The molecule has 0 aromatic heterocycles. The number of hydrogen-bond donors (Lipinski definition) is 1. The topological polar surface area (TPSA) is 66.5 Å². The summed E-state index contributed by atoms with van der Waals surface area (Å²) in [7, 11) is -2.25. The van der Waals surface area contributed by atoms with Crippen LogP contribution in [0, 0.1) is 6.92 Å². The van der Waals surface area contributed by atoms with Gasteiger partial charge in [0.05, 0.1) is 11.4 Å². The number of carbonyl (C=O) groups excluding carboxylic acids is 1. The van der Waals surface area contributed by atoms with Gasteiger partial charge in [0, 0.05) is 13.6 Å². The normalized spacial score (nSPS) is 11.4. The molecule has 0 aliphatic rings. The van der Waals surface area contributed by atoms with Crippen LogP contribution in [0.2, 0.25) is 0 Å². The lowest BCUT2D eigenvalue weighted by molar-refractivity contribution is -0.121. The van der Waals surface area contributed by atoms with Gasteiger partial charge in [-0.3, -0.25) is 4.79 Å². The number of likely N-dealkylation sites (N-methyl/N-ethyl adjacent to an activating group) is 1. The summed E-state index contributed by atoms with van der Waals surface area (Å²) >= 11 is 0. The number of aryl methyl sites for hydroxylation is 1. The standard InChI is InChI=1S/C17H20N2O3S/c1-14-8-10-15(11-9-14)12-18-17(20)13-19(2)23(21,22)16-6-4-3-5-7-16/h3-11H,12-13H2,1-2H3,(H,18,20). The maximum atomic E-state index is 12.3. The van der Waals surface area contributed by atoms with Crippen molar-refractivity contribution in [2.45, 2.75) is 18.4 Å². The molecule has 0 saturated carbocycles. The van der Waals surface area contributed by atoms with Crippen molar-refractivity contribution in [1.82, 2.24) is 9.62 Å². The number of carbonyl (C=O) groups is 1. The van der Waals surface area contributed by atoms with Crippen LogP contribution < -0.4 is 5.32 Å². The van der Waals surface area contributed by atoms with Crippen molar-refractivity contribution in [2.24, 2.45) is 0 Å². The number of sulfonamides is 1. The molecule has 0 aliphatic heterocycles. The molecule has 0 fully saturated rings. The van der Waals surface area contributed by atoms with Gasteiger partial charge >= 0.3 is 0 Å². The Hall–Kier alpha value is -2.18. The fraction of sp³-hybridized carbons (Fsp3) is 0.235. The van der Waals surface area contributed by atoms with Crippen LogP contribution in [-0.4, -0.2) is 32.2 Å². The van der Waals surface area contributed by atoms with E-state index in [9.17, 15) is 13.2 Å². The minimum Gasteiger partial charge on any atom is -0.351 e. The molecule has 23 heavy (non-hydrogen) atoms. The number of hydrogen-bond acceptors (Lipinski definition) is 3. The Labute approximate surface area is 137 Å². The SMILES string of the molecule is Cc1ccc(CNC(=O)CN(C)S(=O)(=O)c2ccccc2)cc1. The Bertz CT molecular complexity index is 756. The summed E-state index contributed by atoms with van der Waals surface area (Å²) in [4.78, 5) is 12.1. The number of nitrogens with zero attached hydrogens (tertiary/aromatic N) is 1. The van der Waals surface area contributed by atoms with Crippen LogP contribution in [0.4, 0.5) is 0 Å². The maximum Gasteiger partial charge on any atom is 0.243 e. The van der Waals surface area contributed by atoms with Crippen molar-refractivity contribution in [3.8, 4) is 0 Å². The second-order valence-electron chi connectivity index (χ2n) is 5.34. The lowest BCUT2D eigenvalue weighted by Gasteiger charge is -2.16. The molecule has 6 heteroatoms. The van der Waals surface area contributed by atoms with E-state index in [4.69, 9.17) is 0 Å². The second kappa shape index (κ2) is 7.39. The van der Waals surface area contributed by atoms with E-state index < -0.39 is 10.0 Å². The fourth-order valence-electron chi connectivity index (χ4n) is 2.02. The zero-order chi connectivity index (χ0) is 16.9. The largest absolute Gasteiger partial charge is 0.351 e. The molecule has 1 N–H and O–H groups in total. The van der Waals surface area contributed by atoms with Gasteiger partial charge in [-0.2, -0.15) is 4.31 Å². The van der Waals surface area contributed by atoms with E-state index in [1.54, 1.807) is 18.2 Å². The van der Waals surface area contributed by atoms with Crippen molar-refractivity contribution in [2.75, 3.05) is 13.6 Å². The summed E-state index contributed by atoms with van der Waals surface area (Å²) in [6.45, 7) is 2.15. The van der Waals surface area contributed by atoms with E-state index in [0.717, 1.165) is 15.4 Å². The van der Waals surface area contributed by atoms with Gasteiger partial charge < -0.3 is 5.32 Å². The van der Waals surface area contributed by atoms with Gasteiger partial charge in [-0.15, -0.1) is 0 Å². The minimum atomic E-state index is -3.65. The zero-order valence-corrected chi connectivity index (χ0v) is 14.0. The van der Waals surface area contributed by atoms with Crippen molar-refractivity contribution in [3.05, 3.63) is 65.7 Å². The van der Waals surface area contributed by atoms with Gasteiger partial charge in [0.2, 0.25) is 15.9 Å². The number of benzene rings is 2. The number of nitrogens with one attached hydrogen (secondary N) is 1. The smallest absolute Gasteiger partial charge is 0.243 e. The number of amides is 1. The first-order chi connectivity index (χ1) is 10.9. The van der Waals surface area contributed by atoms with Crippen LogP contribution in [0.3, 0.4) is 0 Å². The van der Waals surface area contributed by atoms with Gasteiger partial charge in [-0.1, -0.05) is 48.0 Å². The summed E-state index contributed by atoms with van der Waals surface area (Å²) in [6.07, 6.45) is 0. The third-order valence-electron chi connectivity index (χ3n) is 3.43. The third kappa shape index (κ3) is 4.64. The molecule has 2 aromatic carbocycles. The van der Waals surface area contributed by atoms with Crippen LogP contribution >= 0.6 is 0 Å². The van der Waals surface area contributed by atoms with Gasteiger partial charge in [0.25, 0.3) is 0 Å². The molecule has 0 bridgehead atoms. The van der Waals surface area contributed by atoms with E-state index in [2.05, 4.69) is 5.32 Å². The molecule has 1 amide bonds. The van der Waals surface area contributed by atoms with Crippen LogP contribution in [0.25, 0.3) is 0 Å². The molecule has 0 spiro atoms. The highest BCUT2D eigenvalue weighted by Crippen LogP contribution is 2.12. The van der Waals surface area contributed by atoms with E-state index >= 15 is 0 Å². The first-order valence-electron chi connectivity index (χ1n) is 7.23. The first-order valence-corrected chi connectivity index (χ1v) is 8.67. The Balaban J connectivity index is 1.93. The fourth-order valence-corrected chi connectivity index (χ4v) is 3.17. The van der Waals surface area contributed by atoms with E-state index in [1.807, 2.05) is 31.2 Å².